The van der Waals surface area contributed by atoms with Gasteiger partial charge >= 0.3 is 0 Å². The highest BCUT2D eigenvalue weighted by Gasteiger charge is 2.24. The van der Waals surface area contributed by atoms with Crippen LogP contribution in [0.4, 0.5) is 17.1 Å². The number of aromatic nitrogens is 2. The van der Waals surface area contributed by atoms with E-state index < -0.39 is 5.56 Å². The average Bonchev–Trinajstić information content (AvgIpc) is 2.98. The second-order valence-electron chi connectivity index (χ2n) is 9.51. The van der Waals surface area contributed by atoms with Gasteiger partial charge in [0, 0.05) is 46.4 Å². The Kier molecular flexibility index (Phi) is 9.20. The van der Waals surface area contributed by atoms with Gasteiger partial charge in [-0.25, -0.2) is 4.98 Å². The first kappa shape index (κ1) is 29.1. The number of methoxy groups -OCH3 is 2. The first-order valence-electron chi connectivity index (χ1n) is 12.9. The largest absolute Gasteiger partial charge is 0.496 e. The Morgan fingerprint density at radius 3 is 2.34 bits per heavy atom. The van der Waals surface area contributed by atoms with Gasteiger partial charge in [0.2, 0.25) is 6.41 Å². The number of hydrogen-bond donors (Lipinski definition) is 1. The third-order valence-corrected chi connectivity index (χ3v) is 6.66. The monoisotopic (exact) mass is 559 g/mol. The molecule has 4 rings (SSSR count). The van der Waals surface area contributed by atoms with Crippen molar-refractivity contribution in [2.75, 3.05) is 63.2 Å². The topological polar surface area (TPSA) is 117 Å². The summed E-state index contributed by atoms with van der Waals surface area (Å²) in [5, 5.41) is 0.206. The molecule has 0 aliphatic carbocycles. The maximum Gasteiger partial charge on any atom is 0.298 e. The minimum Gasteiger partial charge on any atom is -0.496 e. The van der Waals surface area contributed by atoms with Gasteiger partial charge in [-0.15, -0.1) is 0 Å². The van der Waals surface area contributed by atoms with Crippen molar-refractivity contribution in [2.45, 2.75) is 6.54 Å². The van der Waals surface area contributed by atoms with Gasteiger partial charge in [-0.05, 0) is 23.8 Å². The van der Waals surface area contributed by atoms with Gasteiger partial charge in [0.1, 0.15) is 22.5 Å². The Hall–Kier alpha value is -4.90. The van der Waals surface area contributed by atoms with Crippen molar-refractivity contribution < 1.29 is 23.8 Å². The lowest BCUT2D eigenvalue weighted by molar-refractivity contribution is -0.120. The number of amides is 1. The molecule has 0 fully saturated rings. The summed E-state index contributed by atoms with van der Waals surface area (Å²) < 4.78 is 16.0. The fourth-order valence-electron chi connectivity index (χ4n) is 4.60. The highest BCUT2D eigenvalue weighted by atomic mass is 16.5. The lowest BCUT2D eigenvalue weighted by Gasteiger charge is -2.27. The first-order chi connectivity index (χ1) is 19.8. The van der Waals surface area contributed by atoms with E-state index in [1.807, 2.05) is 61.3 Å². The van der Waals surface area contributed by atoms with Crippen LogP contribution in [0.3, 0.4) is 0 Å². The molecule has 0 saturated carbocycles. The summed E-state index contributed by atoms with van der Waals surface area (Å²) in [6, 6.07) is 16.4. The Bertz CT molecular complexity index is 1590. The molecule has 0 spiro atoms. The van der Waals surface area contributed by atoms with Gasteiger partial charge < -0.3 is 33.9 Å². The quantitative estimate of drug-likeness (QED) is 0.246. The zero-order chi connectivity index (χ0) is 29.5. The van der Waals surface area contributed by atoms with E-state index in [0.717, 1.165) is 12.0 Å². The van der Waals surface area contributed by atoms with Crippen LogP contribution in [-0.4, -0.2) is 71.4 Å². The van der Waals surface area contributed by atoms with Crippen LogP contribution in [0.5, 0.6) is 11.5 Å². The summed E-state index contributed by atoms with van der Waals surface area (Å²) in [7, 11) is 8.61. The summed E-state index contributed by atoms with van der Waals surface area (Å²) in [6.07, 6.45) is 0.727. The van der Waals surface area contributed by atoms with Gasteiger partial charge in [0.15, 0.2) is 5.75 Å². The van der Waals surface area contributed by atoms with E-state index in [1.54, 1.807) is 31.4 Å². The summed E-state index contributed by atoms with van der Waals surface area (Å²) in [5.41, 5.74) is 3.01. The van der Waals surface area contributed by atoms with E-state index in [4.69, 9.17) is 19.2 Å². The molecule has 1 heterocycles. The van der Waals surface area contributed by atoms with Gasteiger partial charge in [0.05, 0.1) is 37.3 Å². The highest BCUT2D eigenvalue weighted by Crippen LogP contribution is 2.40. The van der Waals surface area contributed by atoms with E-state index >= 15 is 0 Å². The molecule has 0 unspecified atom stereocenters. The number of aromatic amines is 1. The molecule has 1 amide bonds. The number of H-pyrrole nitrogens is 1. The fourth-order valence-corrected chi connectivity index (χ4v) is 4.60. The molecule has 0 aliphatic rings. The Morgan fingerprint density at radius 2 is 1.71 bits per heavy atom. The zero-order valence-corrected chi connectivity index (χ0v) is 23.7. The molecule has 3 aromatic carbocycles. The molecule has 1 aromatic heterocycles. The number of likely N-dealkylation sites (N-methyl/N-ethyl adjacent to an activating group) is 1. The maximum absolute atomic E-state index is 13.6. The summed E-state index contributed by atoms with van der Waals surface area (Å²) in [5.74, 6) is 0.838. The third-order valence-electron chi connectivity index (χ3n) is 6.66. The van der Waals surface area contributed by atoms with Crippen LogP contribution in [0.15, 0.2) is 59.4 Å². The molecule has 214 valence electrons. The summed E-state index contributed by atoms with van der Waals surface area (Å²) >= 11 is 0. The van der Waals surface area contributed by atoms with Crippen LogP contribution in [0.2, 0.25) is 0 Å². The number of nitrogens with zero attached hydrogens (tertiary/aromatic N) is 4. The number of carbonyl (C=O) groups is 2. The number of hydrogen-bond acceptors (Lipinski definition) is 9. The number of benzene rings is 3. The van der Waals surface area contributed by atoms with Crippen molar-refractivity contribution in [3.63, 3.8) is 0 Å². The second kappa shape index (κ2) is 13.0. The zero-order valence-electron chi connectivity index (χ0n) is 23.7. The van der Waals surface area contributed by atoms with Crippen molar-refractivity contribution in [3.8, 4) is 22.9 Å². The Balaban J connectivity index is 1.95. The molecule has 1 N–H and O–H groups in total. The lowest BCUT2D eigenvalue weighted by Crippen LogP contribution is -2.25. The third kappa shape index (κ3) is 6.15. The molecular weight excluding hydrogens is 526 g/mol. The normalized spacial score (nSPS) is 10.8. The van der Waals surface area contributed by atoms with Gasteiger partial charge in [-0.1, -0.05) is 30.3 Å². The van der Waals surface area contributed by atoms with Crippen LogP contribution in [-0.2, 0) is 20.9 Å². The van der Waals surface area contributed by atoms with E-state index in [1.165, 1.54) is 12.0 Å². The van der Waals surface area contributed by atoms with Crippen molar-refractivity contribution in [1.82, 2.24) is 9.97 Å². The van der Waals surface area contributed by atoms with Crippen molar-refractivity contribution in [2.24, 2.45) is 0 Å². The van der Waals surface area contributed by atoms with Crippen LogP contribution >= 0.6 is 0 Å². The molecule has 0 radical (unpaired) electrons. The maximum atomic E-state index is 13.6. The van der Waals surface area contributed by atoms with Crippen LogP contribution in [0, 0.1) is 0 Å². The predicted octanol–water partition coefficient (Wildman–Crippen LogP) is 3.45. The van der Waals surface area contributed by atoms with Crippen LogP contribution < -0.4 is 29.7 Å². The lowest BCUT2D eigenvalue weighted by atomic mass is 10.1. The van der Waals surface area contributed by atoms with Crippen LogP contribution in [0.25, 0.3) is 22.3 Å². The molecule has 0 aliphatic heterocycles. The van der Waals surface area contributed by atoms with Gasteiger partial charge in [-0.3, -0.25) is 14.4 Å². The van der Waals surface area contributed by atoms with Crippen molar-refractivity contribution in [3.05, 3.63) is 70.5 Å². The van der Waals surface area contributed by atoms with Gasteiger partial charge in [-0.2, -0.15) is 0 Å². The van der Waals surface area contributed by atoms with Crippen molar-refractivity contribution >= 4 is 40.8 Å². The molecular formula is C30H33N5O6. The van der Waals surface area contributed by atoms with Crippen LogP contribution in [0.1, 0.15) is 5.56 Å². The predicted molar refractivity (Wildman–Crippen MR) is 159 cm³/mol. The molecule has 11 nitrogen and oxygen atoms in total. The van der Waals surface area contributed by atoms with E-state index in [9.17, 15) is 14.4 Å². The minimum atomic E-state index is -0.446. The molecule has 0 saturated heterocycles. The number of nitrogens with one attached hydrogen (secondary N) is 1. The highest BCUT2D eigenvalue weighted by molar-refractivity contribution is 6.05. The molecule has 0 bridgehead atoms. The molecule has 4 aromatic rings. The van der Waals surface area contributed by atoms with E-state index in [0.29, 0.717) is 48.0 Å². The Labute approximate surface area is 237 Å². The molecule has 0 atom stereocenters. The number of carbonyl (C=O) groups excluding carboxylic acids is 2. The number of ether oxygens (including phenoxy) is 3. The minimum absolute atomic E-state index is 0.206. The standard InChI is InChI=1S/C30H33N5O6/c1-33(2)23-16-25(40-5)26-27(28(23)35(18-36)17-20-9-7-6-8-10-20)31-29(32-30(26)38)21-11-12-22(24(15-21)41-19-37)34(3)13-14-39-4/h6-12,15-16,18-19H,13-14,17H2,1-5H3,(H,31,32,38). The number of anilines is 3. The SMILES string of the molecule is COCCN(C)c1ccc(-c2nc3c(N(C=O)Cc4ccccc4)c(N(C)C)cc(OC)c3c(=O)[nH]2)cc1OC=O. The molecule has 41 heavy (non-hydrogen) atoms. The first-order valence-corrected chi connectivity index (χ1v) is 12.9. The Morgan fingerprint density at radius 1 is 0.951 bits per heavy atom. The van der Waals surface area contributed by atoms with Gasteiger partial charge in [0.25, 0.3) is 12.0 Å². The summed E-state index contributed by atoms with van der Waals surface area (Å²) in [6.45, 7) is 1.65. The smallest absolute Gasteiger partial charge is 0.298 e. The van der Waals surface area contributed by atoms with E-state index in [-0.39, 0.29) is 29.0 Å². The second-order valence-corrected chi connectivity index (χ2v) is 9.51. The van der Waals surface area contributed by atoms with E-state index in [2.05, 4.69) is 4.98 Å². The average molecular weight is 560 g/mol. The number of rotatable bonds is 13. The number of fused-ring (bicyclic) bond motifs is 1. The molecule has 11 heteroatoms. The van der Waals surface area contributed by atoms with Crippen molar-refractivity contribution in [1.29, 1.82) is 0 Å². The summed E-state index contributed by atoms with van der Waals surface area (Å²) in [4.78, 5) is 50.3. The fraction of sp³-hybridized carbons (Fsp3) is 0.267.